The van der Waals surface area contributed by atoms with Crippen molar-refractivity contribution in [3.63, 3.8) is 0 Å². The zero-order valence-electron chi connectivity index (χ0n) is 10.0. The molecule has 1 aromatic heterocycles. The molecule has 0 radical (unpaired) electrons. The Morgan fingerprint density at radius 1 is 1.56 bits per heavy atom. The molecule has 1 aliphatic rings. The summed E-state index contributed by atoms with van der Waals surface area (Å²) in [7, 11) is 1.92. The molecule has 0 spiro atoms. The van der Waals surface area contributed by atoms with E-state index in [9.17, 15) is 4.79 Å². The van der Waals surface area contributed by atoms with Gasteiger partial charge in [0, 0.05) is 37.9 Å². The monoisotopic (exact) mass is 222 g/mol. The largest absolute Gasteiger partial charge is 0.352 e. The van der Waals surface area contributed by atoms with Gasteiger partial charge in [0.25, 0.3) is 0 Å². The fraction of sp³-hybridized carbons (Fsp3) is 0.636. The molecule has 1 saturated heterocycles. The maximum Gasteiger partial charge on any atom is 0.225 e. The Bertz CT molecular complexity index is 406. The molecule has 1 aromatic rings. The number of nitrogens with zero attached hydrogens (tertiary/aromatic N) is 2. The summed E-state index contributed by atoms with van der Waals surface area (Å²) < 4.78 is 1.85. The third-order valence-corrected chi connectivity index (χ3v) is 3.25. The first-order chi connectivity index (χ1) is 7.59. The van der Waals surface area contributed by atoms with Crippen molar-refractivity contribution in [1.29, 1.82) is 0 Å². The molecule has 0 bridgehead atoms. The van der Waals surface area contributed by atoms with Gasteiger partial charge in [-0.1, -0.05) is 0 Å². The van der Waals surface area contributed by atoms with Gasteiger partial charge >= 0.3 is 0 Å². The van der Waals surface area contributed by atoms with Crippen LogP contribution in [0.25, 0.3) is 0 Å². The first-order valence-corrected chi connectivity index (χ1v) is 5.57. The Labute approximate surface area is 95.2 Å². The zero-order valence-corrected chi connectivity index (χ0v) is 10.0. The maximum absolute atomic E-state index is 11.6. The van der Waals surface area contributed by atoms with E-state index < -0.39 is 0 Å². The van der Waals surface area contributed by atoms with E-state index >= 15 is 0 Å². The molecule has 1 amide bonds. The molecule has 1 aliphatic heterocycles. The number of aryl methyl sites for hydroxylation is 2. The Morgan fingerprint density at radius 3 is 2.69 bits per heavy atom. The van der Waals surface area contributed by atoms with Crippen LogP contribution in [0.4, 0.5) is 0 Å². The summed E-state index contributed by atoms with van der Waals surface area (Å²) in [5.41, 5.74) is 3.24. The predicted molar refractivity (Wildman–Crippen MR) is 60.9 cm³/mol. The number of carbonyl (C=O) groups excluding carboxylic acids is 1. The van der Waals surface area contributed by atoms with E-state index in [2.05, 4.69) is 15.7 Å². The topological polar surface area (TPSA) is 59.0 Å². The standard InChI is InChI=1S/C11H18N4O/c1-7-10(8(2)15(3)14-7)6-13-11(16)9-4-12-5-9/h9,12H,4-6H2,1-3H3,(H,13,16). The van der Waals surface area contributed by atoms with Crippen molar-refractivity contribution in [3.05, 3.63) is 17.0 Å². The Balaban J connectivity index is 1.96. The number of rotatable bonds is 3. The van der Waals surface area contributed by atoms with Gasteiger partial charge in [-0.15, -0.1) is 0 Å². The summed E-state index contributed by atoms with van der Waals surface area (Å²) >= 11 is 0. The van der Waals surface area contributed by atoms with E-state index in [0.29, 0.717) is 6.54 Å². The van der Waals surface area contributed by atoms with Crippen LogP contribution in [0.3, 0.4) is 0 Å². The molecule has 0 unspecified atom stereocenters. The molecule has 16 heavy (non-hydrogen) atoms. The van der Waals surface area contributed by atoms with Crippen LogP contribution in [0.1, 0.15) is 17.0 Å². The second-order valence-corrected chi connectivity index (χ2v) is 4.35. The minimum absolute atomic E-state index is 0.140. The van der Waals surface area contributed by atoms with E-state index in [1.54, 1.807) is 0 Å². The second kappa shape index (κ2) is 4.25. The molecule has 1 fully saturated rings. The Kier molecular flexibility index (Phi) is 2.96. The number of hydrogen-bond acceptors (Lipinski definition) is 3. The summed E-state index contributed by atoms with van der Waals surface area (Å²) in [4.78, 5) is 11.6. The van der Waals surface area contributed by atoms with E-state index in [1.165, 1.54) is 0 Å². The molecule has 5 nitrogen and oxygen atoms in total. The van der Waals surface area contributed by atoms with Crippen LogP contribution in [-0.4, -0.2) is 28.8 Å². The van der Waals surface area contributed by atoms with Crippen LogP contribution in [0, 0.1) is 19.8 Å². The van der Waals surface area contributed by atoms with Crippen LogP contribution in [0.5, 0.6) is 0 Å². The number of carbonyl (C=O) groups is 1. The Morgan fingerprint density at radius 2 is 2.25 bits per heavy atom. The summed E-state index contributed by atoms with van der Waals surface area (Å²) in [6, 6.07) is 0. The minimum atomic E-state index is 0.140. The fourth-order valence-corrected chi connectivity index (χ4v) is 1.87. The van der Waals surface area contributed by atoms with Crippen LogP contribution >= 0.6 is 0 Å². The predicted octanol–water partition coefficient (Wildman–Crippen LogP) is -0.127. The average molecular weight is 222 g/mol. The van der Waals surface area contributed by atoms with Gasteiger partial charge in [-0.25, -0.2) is 0 Å². The smallest absolute Gasteiger partial charge is 0.225 e. The number of aromatic nitrogens is 2. The lowest BCUT2D eigenvalue weighted by Crippen LogP contribution is -2.50. The van der Waals surface area contributed by atoms with Crippen LogP contribution in [0.15, 0.2) is 0 Å². The SMILES string of the molecule is Cc1nn(C)c(C)c1CNC(=O)C1CNC1. The van der Waals surface area contributed by atoms with Gasteiger partial charge in [0.1, 0.15) is 0 Å². The molecule has 0 aliphatic carbocycles. The van der Waals surface area contributed by atoms with Crippen molar-refractivity contribution in [3.8, 4) is 0 Å². The maximum atomic E-state index is 11.6. The van der Waals surface area contributed by atoms with E-state index in [-0.39, 0.29) is 11.8 Å². The summed E-state index contributed by atoms with van der Waals surface area (Å²) in [5.74, 6) is 0.290. The van der Waals surface area contributed by atoms with Gasteiger partial charge in [0.05, 0.1) is 11.6 Å². The molecule has 2 N–H and O–H groups in total. The zero-order chi connectivity index (χ0) is 11.7. The van der Waals surface area contributed by atoms with Gasteiger partial charge in [0.15, 0.2) is 0 Å². The lowest BCUT2D eigenvalue weighted by atomic mass is 10.0. The molecule has 2 heterocycles. The molecular weight excluding hydrogens is 204 g/mol. The van der Waals surface area contributed by atoms with Gasteiger partial charge in [-0.3, -0.25) is 9.48 Å². The van der Waals surface area contributed by atoms with Crippen LogP contribution in [0.2, 0.25) is 0 Å². The van der Waals surface area contributed by atoms with Gasteiger partial charge in [-0.05, 0) is 13.8 Å². The molecule has 88 valence electrons. The minimum Gasteiger partial charge on any atom is -0.352 e. The normalized spacial score (nSPS) is 15.9. The van der Waals surface area contributed by atoms with E-state index in [0.717, 1.165) is 30.0 Å². The van der Waals surface area contributed by atoms with Crippen molar-refractivity contribution in [2.75, 3.05) is 13.1 Å². The highest BCUT2D eigenvalue weighted by Gasteiger charge is 2.24. The van der Waals surface area contributed by atoms with Crippen molar-refractivity contribution in [2.24, 2.45) is 13.0 Å². The summed E-state index contributed by atoms with van der Waals surface area (Å²) in [6.07, 6.45) is 0. The number of hydrogen-bond donors (Lipinski definition) is 2. The van der Waals surface area contributed by atoms with E-state index in [4.69, 9.17) is 0 Å². The van der Waals surface area contributed by atoms with Crippen LogP contribution in [-0.2, 0) is 18.4 Å². The van der Waals surface area contributed by atoms with E-state index in [1.807, 2.05) is 25.6 Å². The first-order valence-electron chi connectivity index (χ1n) is 5.57. The molecule has 0 saturated carbocycles. The average Bonchev–Trinajstić information content (AvgIpc) is 2.36. The molecule has 0 aromatic carbocycles. The van der Waals surface area contributed by atoms with Gasteiger partial charge < -0.3 is 10.6 Å². The van der Waals surface area contributed by atoms with Gasteiger partial charge in [0.2, 0.25) is 5.91 Å². The van der Waals surface area contributed by atoms with Crippen molar-refractivity contribution < 1.29 is 4.79 Å². The summed E-state index contributed by atoms with van der Waals surface area (Å²) in [5, 5.41) is 10.4. The highest BCUT2D eigenvalue weighted by atomic mass is 16.2. The highest BCUT2D eigenvalue weighted by molar-refractivity contribution is 5.80. The fourth-order valence-electron chi connectivity index (χ4n) is 1.87. The summed E-state index contributed by atoms with van der Waals surface area (Å²) in [6.45, 7) is 6.18. The lowest BCUT2D eigenvalue weighted by Gasteiger charge is -2.25. The molecular formula is C11H18N4O. The third kappa shape index (κ3) is 1.95. The lowest BCUT2D eigenvalue weighted by molar-refractivity contribution is -0.126. The first kappa shape index (κ1) is 11.1. The van der Waals surface area contributed by atoms with Crippen molar-refractivity contribution in [2.45, 2.75) is 20.4 Å². The van der Waals surface area contributed by atoms with Crippen molar-refractivity contribution >= 4 is 5.91 Å². The van der Waals surface area contributed by atoms with Crippen molar-refractivity contribution in [1.82, 2.24) is 20.4 Å². The van der Waals surface area contributed by atoms with Gasteiger partial charge in [-0.2, -0.15) is 5.10 Å². The molecule has 0 atom stereocenters. The molecule has 5 heteroatoms. The number of amides is 1. The highest BCUT2D eigenvalue weighted by Crippen LogP contribution is 2.12. The third-order valence-electron chi connectivity index (χ3n) is 3.25. The number of nitrogens with one attached hydrogen (secondary N) is 2. The quantitative estimate of drug-likeness (QED) is 0.749. The Hall–Kier alpha value is -1.36. The van der Waals surface area contributed by atoms with Crippen LogP contribution < -0.4 is 10.6 Å². The second-order valence-electron chi connectivity index (χ2n) is 4.35. The molecule has 2 rings (SSSR count).